The molecule has 2 aromatic rings. The molecule has 2 aliphatic rings. The van der Waals surface area contributed by atoms with Gasteiger partial charge in [-0.25, -0.2) is 0 Å². The molecule has 0 bridgehead atoms. The first-order chi connectivity index (χ1) is 12.4. The molecule has 0 amide bonds. The van der Waals surface area contributed by atoms with Gasteiger partial charge in [0, 0.05) is 11.1 Å². The molecule has 0 aromatic heterocycles. The highest BCUT2D eigenvalue weighted by molar-refractivity contribution is 6.09. The normalized spacial score (nSPS) is 20.7. The summed E-state index contributed by atoms with van der Waals surface area (Å²) in [5, 5.41) is 9.76. The van der Waals surface area contributed by atoms with Gasteiger partial charge >= 0.3 is 6.36 Å². The zero-order chi connectivity index (χ0) is 18.3. The lowest BCUT2D eigenvalue weighted by molar-refractivity contribution is -0.274. The maximum absolute atomic E-state index is 12.3. The molecule has 1 aliphatic heterocycles. The number of benzene rings is 2. The number of nitrogens with two attached hydrogens (primary N) is 1. The van der Waals surface area contributed by atoms with Gasteiger partial charge in [0.05, 0.1) is 11.6 Å². The number of hydrogen-bond acceptors (Lipinski definition) is 3. The van der Waals surface area contributed by atoms with Gasteiger partial charge in [0.15, 0.2) is 12.3 Å². The minimum Gasteiger partial charge on any atom is -0.406 e. The van der Waals surface area contributed by atoms with Gasteiger partial charge in [0.1, 0.15) is 5.75 Å². The summed E-state index contributed by atoms with van der Waals surface area (Å²) in [5.41, 5.74) is 4.39. The van der Waals surface area contributed by atoms with Crippen molar-refractivity contribution in [2.75, 3.05) is 0 Å². The van der Waals surface area contributed by atoms with Crippen molar-refractivity contribution in [1.82, 2.24) is 0 Å². The van der Waals surface area contributed by atoms with Gasteiger partial charge in [-0.2, -0.15) is 0 Å². The van der Waals surface area contributed by atoms with E-state index in [2.05, 4.69) is 9.89 Å². The number of halogens is 3. The molecule has 0 saturated carbocycles. The summed E-state index contributed by atoms with van der Waals surface area (Å²) < 4.78 is 40.7. The van der Waals surface area contributed by atoms with Crippen LogP contribution >= 0.6 is 0 Å². The van der Waals surface area contributed by atoms with Crippen LogP contribution in [0.25, 0.3) is 6.08 Å². The number of ether oxygens (including phenoxy) is 1. The second-order valence-electron chi connectivity index (χ2n) is 6.02. The predicted molar refractivity (Wildman–Crippen MR) is 89.5 cm³/mol. The first-order valence-electron chi connectivity index (χ1n) is 7.91. The Bertz CT molecular complexity index is 917. The maximum atomic E-state index is 12.3. The van der Waals surface area contributed by atoms with Crippen molar-refractivity contribution in [3.05, 3.63) is 70.8 Å². The summed E-state index contributed by atoms with van der Waals surface area (Å²) >= 11 is 0. The lowest BCUT2D eigenvalue weighted by Gasteiger charge is -2.20. The smallest absolute Gasteiger partial charge is 0.406 e. The summed E-state index contributed by atoms with van der Waals surface area (Å²) in [7, 11) is 0. The third-order valence-electron chi connectivity index (χ3n) is 4.38. The summed E-state index contributed by atoms with van der Waals surface area (Å²) in [4.78, 5) is 5.58. The van der Waals surface area contributed by atoms with E-state index in [4.69, 9.17) is 10.2 Å². The molecule has 2 aromatic carbocycles. The van der Waals surface area contributed by atoms with Crippen molar-refractivity contribution >= 4 is 18.0 Å². The Hall–Kier alpha value is -3.09. The second-order valence-corrected chi connectivity index (χ2v) is 6.02. The van der Waals surface area contributed by atoms with Gasteiger partial charge < -0.3 is 9.57 Å². The van der Waals surface area contributed by atoms with Gasteiger partial charge in [-0.1, -0.05) is 35.5 Å². The van der Waals surface area contributed by atoms with Crippen LogP contribution in [0.5, 0.6) is 5.75 Å². The first kappa shape index (κ1) is 16.4. The third-order valence-corrected chi connectivity index (χ3v) is 4.38. The Morgan fingerprint density at radius 1 is 1.12 bits per heavy atom. The average molecular weight is 359 g/mol. The van der Waals surface area contributed by atoms with Gasteiger partial charge in [-0.05, 0) is 35.4 Å². The van der Waals surface area contributed by atoms with E-state index in [1.807, 2.05) is 30.4 Å². The van der Waals surface area contributed by atoms with Crippen molar-refractivity contribution < 1.29 is 28.2 Å². The molecule has 0 saturated heterocycles. The Morgan fingerprint density at radius 2 is 1.88 bits per heavy atom. The minimum atomic E-state index is -4.71. The molecule has 1 aliphatic carbocycles. The van der Waals surface area contributed by atoms with E-state index in [0.717, 1.165) is 28.0 Å². The fraction of sp³-hybridized carbons (Fsp3) is 0.158. The fourth-order valence-electron chi connectivity index (χ4n) is 3.19. The van der Waals surface area contributed by atoms with Crippen LogP contribution in [0.3, 0.4) is 0 Å². The minimum absolute atomic E-state index is 0.107. The Kier molecular flexibility index (Phi) is 3.79. The fourth-order valence-corrected chi connectivity index (χ4v) is 3.19. The number of rotatable bonds is 3. The third kappa shape index (κ3) is 2.96. The van der Waals surface area contributed by atoms with Crippen molar-refractivity contribution in [2.24, 2.45) is 11.1 Å². The molecule has 132 valence electrons. The van der Waals surface area contributed by atoms with E-state index in [1.165, 1.54) is 18.3 Å². The maximum Gasteiger partial charge on any atom is 0.573 e. The monoisotopic (exact) mass is 359 g/mol. The summed E-state index contributed by atoms with van der Waals surface area (Å²) in [5.74, 6) is -0.375. The summed E-state index contributed by atoms with van der Waals surface area (Å²) in [6, 6.07) is 11.5. The zero-order valence-corrected chi connectivity index (χ0v) is 13.4. The van der Waals surface area contributed by atoms with Crippen molar-refractivity contribution in [2.45, 2.75) is 12.5 Å². The van der Waals surface area contributed by atoms with Gasteiger partial charge in [0.2, 0.25) is 0 Å². The lowest BCUT2D eigenvalue weighted by Crippen LogP contribution is -2.30. The van der Waals surface area contributed by atoms with Gasteiger partial charge in [-0.15, -0.1) is 13.2 Å². The summed E-state index contributed by atoms with van der Waals surface area (Å²) in [6.45, 7) is 0. The van der Waals surface area contributed by atoms with Crippen LogP contribution in [0.1, 0.15) is 28.4 Å². The van der Waals surface area contributed by atoms with E-state index in [-0.39, 0.29) is 11.7 Å². The molecule has 0 spiro atoms. The van der Waals surface area contributed by atoms with Crippen molar-refractivity contribution in [3.8, 4) is 5.75 Å². The molecule has 4 rings (SSSR count). The Labute approximate surface area is 147 Å². The highest BCUT2D eigenvalue weighted by atomic mass is 19.4. The van der Waals surface area contributed by atoms with Crippen molar-refractivity contribution in [3.63, 3.8) is 0 Å². The highest BCUT2D eigenvalue weighted by Crippen LogP contribution is 2.40. The van der Waals surface area contributed by atoms with E-state index < -0.39 is 12.5 Å². The highest BCUT2D eigenvalue weighted by Gasteiger charge is 2.37. The Morgan fingerprint density at radius 3 is 2.58 bits per heavy atom. The van der Waals surface area contributed by atoms with Crippen LogP contribution in [-0.4, -0.2) is 18.3 Å². The number of hydrogen-bond donors (Lipinski definition) is 1. The zero-order valence-electron chi connectivity index (χ0n) is 13.4. The molecule has 1 heterocycles. The molecule has 4 nitrogen and oxygen atoms in total. The molecule has 2 atom stereocenters. The van der Waals surface area contributed by atoms with E-state index in [9.17, 15) is 13.2 Å². The molecular weight excluding hydrogens is 345 g/mol. The van der Waals surface area contributed by atoms with E-state index >= 15 is 0 Å². The second kappa shape index (κ2) is 6.01. The number of fused-ring (bicyclic) bond motifs is 3. The molecule has 0 radical (unpaired) electrons. The van der Waals surface area contributed by atoms with Crippen LogP contribution in [0.15, 0.2) is 53.7 Å². The topological polar surface area (TPSA) is 56.4 Å². The number of alkyl halides is 3. The van der Waals surface area contributed by atoms with Gasteiger partial charge in [-0.3, -0.25) is 5.41 Å². The average Bonchev–Trinajstić information content (AvgIpc) is 3.05. The molecule has 0 fully saturated rings. The lowest BCUT2D eigenvalue weighted by atomic mass is 9.82. The van der Waals surface area contributed by atoms with E-state index in [0.29, 0.717) is 0 Å². The SMILES string of the molecule is [NH2+]=Cc1ccc2c(c1)C=CC1C2=NOC1c1ccc(OC(F)(F)F)cc1. The molecule has 7 heteroatoms. The standard InChI is InChI=1S/C19H13F3N2O2/c20-19(21,22)25-14-5-2-12(3-6-14)18-16-8-4-13-9-11(10-23)1-7-15(13)17(16)24-26-18/h1-10,16,18,23H/p+1. The van der Waals surface area contributed by atoms with E-state index in [1.54, 1.807) is 12.1 Å². The van der Waals surface area contributed by atoms with Crippen LogP contribution in [-0.2, 0) is 4.84 Å². The Balaban J connectivity index is 1.58. The van der Waals surface area contributed by atoms with Crippen molar-refractivity contribution in [1.29, 1.82) is 0 Å². The van der Waals surface area contributed by atoms with Crippen LogP contribution in [0, 0.1) is 5.92 Å². The largest absolute Gasteiger partial charge is 0.573 e. The molecular formula is C19H14F3N2O2+. The number of nitrogens with zero attached hydrogens (tertiary/aromatic N) is 1. The molecule has 2 unspecified atom stereocenters. The van der Waals surface area contributed by atoms with Crippen LogP contribution in [0.4, 0.5) is 13.2 Å². The summed E-state index contributed by atoms with van der Waals surface area (Å²) in [6.07, 6.45) is 0.390. The predicted octanol–water partition coefficient (Wildman–Crippen LogP) is 2.88. The quantitative estimate of drug-likeness (QED) is 0.857. The van der Waals surface area contributed by atoms with Crippen LogP contribution < -0.4 is 10.1 Å². The molecule has 26 heavy (non-hydrogen) atoms. The number of oxime groups is 1. The van der Waals surface area contributed by atoms with Gasteiger partial charge in [0.25, 0.3) is 0 Å². The molecule has 2 N–H and O–H groups in total. The first-order valence-corrected chi connectivity index (χ1v) is 7.91. The van der Waals surface area contributed by atoms with Crippen LogP contribution in [0.2, 0.25) is 0 Å².